The maximum absolute atomic E-state index is 14.4. The molecular weight excluding hydrogens is 365 g/mol. The number of rotatable bonds is 8. The Labute approximate surface area is 162 Å². The van der Waals surface area contributed by atoms with E-state index in [1.54, 1.807) is 37.1 Å². The lowest BCUT2D eigenvalue weighted by Crippen LogP contribution is -2.34. The Hall–Kier alpha value is -3.23. The molecule has 2 aromatic heterocycles. The molecule has 0 fully saturated rings. The molecule has 0 radical (unpaired) electrons. The molecule has 3 N–H and O–H groups in total. The van der Waals surface area contributed by atoms with E-state index in [-0.39, 0.29) is 25.0 Å². The molecule has 2 heterocycles. The first-order valence-corrected chi connectivity index (χ1v) is 8.99. The second kappa shape index (κ2) is 8.64. The summed E-state index contributed by atoms with van der Waals surface area (Å²) in [4.78, 5) is 14.5. The Morgan fingerprint density at radius 2 is 2.11 bits per heavy atom. The summed E-state index contributed by atoms with van der Waals surface area (Å²) in [7, 11) is 3.37. The van der Waals surface area contributed by atoms with Gasteiger partial charge in [0.2, 0.25) is 5.88 Å². The van der Waals surface area contributed by atoms with Crippen molar-refractivity contribution in [1.29, 1.82) is 0 Å². The van der Waals surface area contributed by atoms with Crippen LogP contribution in [-0.4, -0.2) is 47.6 Å². The van der Waals surface area contributed by atoms with Gasteiger partial charge in [-0.25, -0.2) is 9.18 Å². The van der Waals surface area contributed by atoms with Crippen molar-refractivity contribution < 1.29 is 18.7 Å². The highest BCUT2D eigenvalue weighted by molar-refractivity contribution is 5.86. The monoisotopic (exact) mass is 389 g/mol. The summed E-state index contributed by atoms with van der Waals surface area (Å²) in [6.45, 7) is 2.84. The molecule has 8 nitrogen and oxygen atoms in total. The van der Waals surface area contributed by atoms with Crippen LogP contribution in [0.1, 0.15) is 11.3 Å². The third-order valence-electron chi connectivity index (χ3n) is 4.34. The van der Waals surface area contributed by atoms with Gasteiger partial charge < -0.3 is 25.1 Å². The van der Waals surface area contributed by atoms with E-state index < -0.39 is 5.82 Å². The van der Waals surface area contributed by atoms with Crippen LogP contribution < -0.4 is 20.1 Å². The smallest absolute Gasteiger partial charge is 0.314 e. The summed E-state index contributed by atoms with van der Waals surface area (Å²) in [6.07, 6.45) is 2.39. The zero-order valence-corrected chi connectivity index (χ0v) is 16.1. The van der Waals surface area contributed by atoms with Crippen molar-refractivity contribution in [3.8, 4) is 11.6 Å². The van der Waals surface area contributed by atoms with Gasteiger partial charge >= 0.3 is 6.03 Å². The van der Waals surface area contributed by atoms with Gasteiger partial charge in [0.25, 0.3) is 0 Å². The van der Waals surface area contributed by atoms with E-state index in [1.165, 1.54) is 6.07 Å². The molecule has 0 aliphatic heterocycles. The minimum absolute atomic E-state index is 0.164. The Kier molecular flexibility index (Phi) is 6.03. The van der Waals surface area contributed by atoms with Gasteiger partial charge in [-0.1, -0.05) is 0 Å². The summed E-state index contributed by atoms with van der Waals surface area (Å²) >= 11 is 0. The van der Waals surface area contributed by atoms with E-state index in [1.807, 2.05) is 6.92 Å². The van der Waals surface area contributed by atoms with Crippen LogP contribution in [-0.2, 0) is 13.5 Å². The molecule has 0 bridgehead atoms. The summed E-state index contributed by atoms with van der Waals surface area (Å²) in [5.41, 5.74) is 2.65. The number of H-pyrrole nitrogens is 1. The molecule has 0 atom stereocenters. The second-order valence-corrected chi connectivity index (χ2v) is 6.34. The predicted octanol–water partition coefficient (Wildman–Crippen LogP) is 2.28. The van der Waals surface area contributed by atoms with E-state index in [2.05, 4.69) is 20.7 Å². The lowest BCUT2D eigenvalue weighted by Gasteiger charge is -2.09. The molecular formula is C19H24FN5O3. The van der Waals surface area contributed by atoms with Gasteiger partial charge in [0.05, 0.1) is 0 Å². The quantitative estimate of drug-likeness (QED) is 0.515. The molecule has 0 aliphatic carbocycles. The van der Waals surface area contributed by atoms with E-state index in [9.17, 15) is 9.18 Å². The first-order valence-electron chi connectivity index (χ1n) is 8.99. The Morgan fingerprint density at radius 1 is 1.32 bits per heavy atom. The zero-order valence-electron chi connectivity index (χ0n) is 16.1. The average molecular weight is 389 g/mol. The third kappa shape index (κ3) is 4.54. The van der Waals surface area contributed by atoms with Gasteiger partial charge in [-0.15, -0.1) is 5.10 Å². The molecule has 0 saturated heterocycles. The van der Waals surface area contributed by atoms with Gasteiger partial charge in [0.1, 0.15) is 13.2 Å². The Balaban J connectivity index is 1.65. The minimum Gasteiger partial charge on any atom is -0.487 e. The molecule has 28 heavy (non-hydrogen) atoms. The molecule has 3 aromatic rings. The largest absolute Gasteiger partial charge is 0.487 e. The van der Waals surface area contributed by atoms with E-state index in [4.69, 9.17) is 9.47 Å². The van der Waals surface area contributed by atoms with Crippen LogP contribution in [0.4, 0.5) is 9.18 Å². The number of fused-ring (bicyclic) bond motifs is 1. The minimum atomic E-state index is -0.443. The maximum atomic E-state index is 14.4. The number of amides is 2. The van der Waals surface area contributed by atoms with Crippen LogP contribution in [0.15, 0.2) is 24.4 Å². The molecule has 9 heteroatoms. The SMILES string of the molecule is CNC(=O)NCCc1c(C)[nH]c2cc(F)c(OCCOc3ccn(C)n3)cc12. The fourth-order valence-corrected chi connectivity index (χ4v) is 2.98. The fourth-order valence-electron chi connectivity index (χ4n) is 2.98. The zero-order chi connectivity index (χ0) is 20.1. The molecule has 150 valence electrons. The van der Waals surface area contributed by atoms with Crippen molar-refractivity contribution in [3.63, 3.8) is 0 Å². The summed E-state index contributed by atoms with van der Waals surface area (Å²) in [6, 6.07) is 4.62. The number of aryl methyl sites for hydroxylation is 2. The highest BCUT2D eigenvalue weighted by atomic mass is 19.1. The molecule has 1 aromatic carbocycles. The number of benzene rings is 1. The standard InChI is InChI=1S/C19H24FN5O3/c1-12-13(4-6-22-19(26)21-2)14-10-17(15(20)11-16(14)23-12)27-8-9-28-18-5-7-25(3)24-18/h5,7,10-11,23H,4,6,8-9H2,1-3H3,(H2,21,22,26). The topological polar surface area (TPSA) is 93.2 Å². The summed E-state index contributed by atoms with van der Waals surface area (Å²) in [5.74, 6) is 0.215. The van der Waals surface area contributed by atoms with E-state index >= 15 is 0 Å². The van der Waals surface area contributed by atoms with Gasteiger partial charge in [0, 0.05) is 55.6 Å². The molecule has 0 aliphatic rings. The van der Waals surface area contributed by atoms with Crippen molar-refractivity contribution in [1.82, 2.24) is 25.4 Å². The lowest BCUT2D eigenvalue weighted by molar-refractivity contribution is 0.206. The first-order chi connectivity index (χ1) is 13.5. The van der Waals surface area contributed by atoms with E-state index in [0.29, 0.717) is 24.4 Å². The van der Waals surface area contributed by atoms with Crippen molar-refractivity contribution >= 4 is 16.9 Å². The lowest BCUT2D eigenvalue weighted by atomic mass is 10.1. The number of aromatic amines is 1. The number of nitrogens with one attached hydrogen (secondary N) is 3. The highest BCUT2D eigenvalue weighted by Gasteiger charge is 2.14. The van der Waals surface area contributed by atoms with Crippen LogP contribution in [0.2, 0.25) is 0 Å². The first kappa shape index (κ1) is 19.5. The molecule has 0 saturated carbocycles. The molecule has 0 unspecified atom stereocenters. The van der Waals surface area contributed by atoms with Crippen LogP contribution in [0.5, 0.6) is 11.6 Å². The maximum Gasteiger partial charge on any atom is 0.314 e. The van der Waals surface area contributed by atoms with Crippen molar-refractivity contribution in [2.75, 3.05) is 26.8 Å². The van der Waals surface area contributed by atoms with Crippen molar-refractivity contribution in [3.05, 3.63) is 41.5 Å². The van der Waals surface area contributed by atoms with Gasteiger partial charge in [-0.05, 0) is 25.0 Å². The number of aromatic nitrogens is 3. The van der Waals surface area contributed by atoms with Crippen molar-refractivity contribution in [2.45, 2.75) is 13.3 Å². The number of halogens is 1. The third-order valence-corrected chi connectivity index (χ3v) is 4.34. The predicted molar refractivity (Wildman–Crippen MR) is 103 cm³/mol. The number of urea groups is 1. The number of nitrogens with zero attached hydrogens (tertiary/aromatic N) is 2. The highest BCUT2D eigenvalue weighted by Crippen LogP contribution is 2.29. The van der Waals surface area contributed by atoms with E-state index in [0.717, 1.165) is 16.6 Å². The van der Waals surface area contributed by atoms with Gasteiger partial charge in [-0.2, -0.15) is 0 Å². The molecule has 2 amide bonds. The Bertz CT molecular complexity index is 966. The number of hydrogen-bond acceptors (Lipinski definition) is 4. The van der Waals surface area contributed by atoms with Crippen LogP contribution in [0, 0.1) is 12.7 Å². The summed E-state index contributed by atoms with van der Waals surface area (Å²) in [5, 5.41) is 10.2. The molecule has 0 spiro atoms. The van der Waals surface area contributed by atoms with Crippen LogP contribution in [0.25, 0.3) is 10.9 Å². The summed E-state index contributed by atoms with van der Waals surface area (Å²) < 4.78 is 27.0. The second-order valence-electron chi connectivity index (χ2n) is 6.34. The number of ether oxygens (including phenoxy) is 2. The van der Waals surface area contributed by atoms with Crippen LogP contribution in [0.3, 0.4) is 0 Å². The fraction of sp³-hybridized carbons (Fsp3) is 0.368. The van der Waals surface area contributed by atoms with Gasteiger partial charge in [0.15, 0.2) is 11.6 Å². The normalized spacial score (nSPS) is 10.9. The molecule has 3 rings (SSSR count). The van der Waals surface area contributed by atoms with Gasteiger partial charge in [-0.3, -0.25) is 4.68 Å². The number of carbonyl (C=O) groups excluding carboxylic acids is 1. The number of hydrogen-bond donors (Lipinski definition) is 3. The average Bonchev–Trinajstić information content (AvgIpc) is 3.21. The Morgan fingerprint density at radius 3 is 2.82 bits per heavy atom. The van der Waals surface area contributed by atoms with Crippen LogP contribution >= 0.6 is 0 Å². The van der Waals surface area contributed by atoms with Crippen molar-refractivity contribution in [2.24, 2.45) is 7.05 Å². The number of carbonyl (C=O) groups is 1.